The molecule has 0 saturated carbocycles. The molecule has 0 amide bonds. The first-order valence-corrected chi connectivity index (χ1v) is 12.3. The van der Waals surface area contributed by atoms with E-state index in [9.17, 15) is 0 Å². The molecule has 0 N–H and O–H groups in total. The second kappa shape index (κ2) is 7.49. The maximum Gasteiger partial charge on any atom is 0.104 e. The van der Waals surface area contributed by atoms with Crippen LogP contribution in [0.3, 0.4) is 0 Å². The molecule has 0 aliphatic rings. The fourth-order valence-electron chi connectivity index (χ4n) is 2.89. The summed E-state index contributed by atoms with van der Waals surface area (Å²) in [5.41, 5.74) is 6.45. The zero-order valence-corrected chi connectivity index (χ0v) is 17.2. The van der Waals surface area contributed by atoms with Gasteiger partial charge in [0, 0.05) is 3.57 Å². The number of hydrogen-bond acceptors (Lipinski definition) is 0. The van der Waals surface area contributed by atoms with Crippen molar-refractivity contribution in [1.29, 1.82) is 0 Å². The SMILES string of the molecule is C[Si](C)(/C=C(/c1ccccc1)c1ccc(I)cc1)c1ccccc1. The van der Waals surface area contributed by atoms with Crippen LogP contribution in [0.2, 0.25) is 13.1 Å². The van der Waals surface area contributed by atoms with Crippen LogP contribution in [0.5, 0.6) is 0 Å². The average Bonchev–Trinajstić information content (AvgIpc) is 2.62. The molecule has 0 bridgehead atoms. The Hall–Kier alpha value is -1.65. The number of hydrogen-bond donors (Lipinski definition) is 0. The van der Waals surface area contributed by atoms with E-state index in [1.807, 2.05) is 0 Å². The maximum absolute atomic E-state index is 2.53. The fourth-order valence-corrected chi connectivity index (χ4v) is 5.53. The van der Waals surface area contributed by atoms with Gasteiger partial charge in [-0.3, -0.25) is 0 Å². The van der Waals surface area contributed by atoms with E-state index in [2.05, 4.69) is 126 Å². The molecule has 0 heterocycles. The first kappa shape index (κ1) is 17.2. The summed E-state index contributed by atoms with van der Waals surface area (Å²) in [6.07, 6.45) is 0. The largest absolute Gasteiger partial charge is 0.104 e. The number of rotatable bonds is 4. The van der Waals surface area contributed by atoms with Gasteiger partial charge in [-0.05, 0) is 51.4 Å². The van der Waals surface area contributed by atoms with Crippen molar-refractivity contribution >= 4 is 41.4 Å². The van der Waals surface area contributed by atoms with Crippen LogP contribution >= 0.6 is 22.6 Å². The summed E-state index contributed by atoms with van der Waals surface area (Å²) in [7, 11) is -1.69. The Kier molecular flexibility index (Phi) is 5.36. The van der Waals surface area contributed by atoms with E-state index in [-0.39, 0.29) is 0 Å². The summed E-state index contributed by atoms with van der Waals surface area (Å²) in [5.74, 6) is 0. The monoisotopic (exact) mass is 440 g/mol. The van der Waals surface area contributed by atoms with Crippen LogP contribution in [0.4, 0.5) is 0 Å². The zero-order valence-electron chi connectivity index (χ0n) is 14.0. The van der Waals surface area contributed by atoms with Crippen LogP contribution in [-0.2, 0) is 0 Å². The summed E-state index contributed by atoms with van der Waals surface area (Å²) in [5, 5.41) is 1.46. The van der Waals surface area contributed by atoms with E-state index >= 15 is 0 Å². The third-order valence-electron chi connectivity index (χ3n) is 4.26. The molecule has 2 heteroatoms. The van der Waals surface area contributed by atoms with Crippen LogP contribution in [0.25, 0.3) is 5.57 Å². The van der Waals surface area contributed by atoms with Gasteiger partial charge in [0.1, 0.15) is 8.07 Å². The van der Waals surface area contributed by atoms with Gasteiger partial charge in [0.05, 0.1) is 0 Å². The molecule has 0 aromatic heterocycles. The average molecular weight is 440 g/mol. The van der Waals surface area contributed by atoms with E-state index < -0.39 is 8.07 Å². The lowest BCUT2D eigenvalue weighted by Crippen LogP contribution is -2.39. The smallest absolute Gasteiger partial charge is 0.0818 e. The van der Waals surface area contributed by atoms with E-state index in [4.69, 9.17) is 0 Å². The van der Waals surface area contributed by atoms with Gasteiger partial charge in [-0.15, -0.1) is 0 Å². The van der Waals surface area contributed by atoms with Gasteiger partial charge in [0.25, 0.3) is 0 Å². The second-order valence-corrected chi connectivity index (χ2v) is 12.1. The van der Waals surface area contributed by atoms with Crippen LogP contribution in [0, 0.1) is 3.57 Å². The van der Waals surface area contributed by atoms with E-state index in [1.54, 1.807) is 0 Å². The van der Waals surface area contributed by atoms with Crippen molar-refractivity contribution < 1.29 is 0 Å². The Morgan fingerprint density at radius 1 is 0.708 bits per heavy atom. The van der Waals surface area contributed by atoms with Gasteiger partial charge in [-0.1, -0.05) is 96.8 Å². The van der Waals surface area contributed by atoms with Crippen molar-refractivity contribution in [3.05, 3.63) is 105 Å². The van der Waals surface area contributed by atoms with Gasteiger partial charge in [0.2, 0.25) is 0 Å². The topological polar surface area (TPSA) is 0 Å². The lowest BCUT2D eigenvalue weighted by atomic mass is 10.00. The summed E-state index contributed by atoms with van der Waals surface area (Å²) < 4.78 is 1.27. The molecule has 3 rings (SSSR count). The molecule has 0 unspecified atom stereocenters. The van der Waals surface area contributed by atoms with Crippen molar-refractivity contribution in [1.82, 2.24) is 0 Å². The third kappa shape index (κ3) is 4.05. The minimum atomic E-state index is -1.69. The highest BCUT2D eigenvalue weighted by Gasteiger charge is 2.22. The number of benzene rings is 3. The molecule has 0 saturated heterocycles. The Balaban J connectivity index is 2.12. The lowest BCUT2D eigenvalue weighted by Gasteiger charge is -2.21. The van der Waals surface area contributed by atoms with Gasteiger partial charge in [-0.25, -0.2) is 0 Å². The Morgan fingerprint density at radius 2 is 1.21 bits per heavy atom. The third-order valence-corrected chi connectivity index (χ3v) is 7.81. The predicted octanol–water partition coefficient (Wildman–Crippen LogP) is 5.88. The molecule has 0 spiro atoms. The molecule has 0 aliphatic heterocycles. The second-order valence-electron chi connectivity index (χ2n) is 6.52. The van der Waals surface area contributed by atoms with Gasteiger partial charge in [0.15, 0.2) is 0 Å². The maximum atomic E-state index is 2.53. The highest BCUT2D eigenvalue weighted by Crippen LogP contribution is 2.26. The lowest BCUT2D eigenvalue weighted by molar-refractivity contribution is 1.53. The quantitative estimate of drug-likeness (QED) is 0.351. The molecule has 0 atom stereocenters. The molecule has 0 aliphatic carbocycles. The first-order valence-electron chi connectivity index (χ1n) is 8.16. The normalized spacial score (nSPS) is 12.2. The molecular weight excluding hydrogens is 419 g/mol. The summed E-state index contributed by atoms with van der Waals surface area (Å²) in [6, 6.07) is 30.5. The Bertz CT molecular complexity index is 819. The minimum Gasteiger partial charge on any atom is -0.0818 e. The summed E-state index contributed by atoms with van der Waals surface area (Å²) >= 11 is 2.36. The van der Waals surface area contributed by atoms with Gasteiger partial charge < -0.3 is 0 Å². The summed E-state index contributed by atoms with van der Waals surface area (Å²) in [6.45, 7) is 4.83. The minimum absolute atomic E-state index is 1.27. The molecule has 24 heavy (non-hydrogen) atoms. The van der Waals surface area contributed by atoms with E-state index in [0.29, 0.717) is 0 Å². The van der Waals surface area contributed by atoms with Crippen LogP contribution in [-0.4, -0.2) is 8.07 Å². The first-order chi connectivity index (χ1) is 11.6. The van der Waals surface area contributed by atoms with Crippen LogP contribution in [0.1, 0.15) is 11.1 Å². The fraction of sp³-hybridized carbons (Fsp3) is 0.0909. The van der Waals surface area contributed by atoms with Crippen molar-refractivity contribution in [2.45, 2.75) is 13.1 Å². The highest BCUT2D eigenvalue weighted by molar-refractivity contribution is 14.1. The number of halogens is 1. The molecular formula is C22H21ISi. The molecule has 0 radical (unpaired) electrons. The molecule has 120 valence electrons. The molecule has 0 fully saturated rings. The van der Waals surface area contributed by atoms with Crippen LogP contribution in [0.15, 0.2) is 90.6 Å². The van der Waals surface area contributed by atoms with E-state index in [0.717, 1.165) is 0 Å². The van der Waals surface area contributed by atoms with Crippen molar-refractivity contribution in [3.63, 3.8) is 0 Å². The Morgan fingerprint density at radius 3 is 1.79 bits per heavy atom. The van der Waals surface area contributed by atoms with Crippen molar-refractivity contribution in [3.8, 4) is 0 Å². The Labute approximate surface area is 159 Å². The molecule has 3 aromatic carbocycles. The van der Waals surface area contributed by atoms with Gasteiger partial charge in [-0.2, -0.15) is 0 Å². The van der Waals surface area contributed by atoms with E-state index in [1.165, 1.54) is 25.5 Å². The van der Waals surface area contributed by atoms with Gasteiger partial charge >= 0.3 is 0 Å². The molecule has 3 aromatic rings. The van der Waals surface area contributed by atoms with Crippen molar-refractivity contribution in [2.75, 3.05) is 0 Å². The summed E-state index contributed by atoms with van der Waals surface area (Å²) in [4.78, 5) is 0. The predicted molar refractivity (Wildman–Crippen MR) is 116 cm³/mol. The van der Waals surface area contributed by atoms with Crippen LogP contribution < -0.4 is 5.19 Å². The standard InChI is InChI=1S/C22H21ISi/c1-24(2,21-11-7-4-8-12-21)17-22(18-9-5-3-6-10-18)19-13-15-20(23)16-14-19/h3-17H,1-2H3/b22-17-. The molecule has 0 nitrogen and oxygen atoms in total. The van der Waals surface area contributed by atoms with Crippen molar-refractivity contribution in [2.24, 2.45) is 0 Å². The highest BCUT2D eigenvalue weighted by atomic mass is 127. The zero-order chi connectivity index (χ0) is 17.0.